The molecule has 0 bridgehead atoms. The van der Waals surface area contributed by atoms with Crippen LogP contribution in [0.25, 0.3) is 0 Å². The van der Waals surface area contributed by atoms with Crippen molar-refractivity contribution in [3.63, 3.8) is 0 Å². The van der Waals surface area contributed by atoms with E-state index in [2.05, 4.69) is 0 Å². The molecule has 0 saturated carbocycles. The fraction of sp³-hybridized carbons (Fsp3) is 0. The van der Waals surface area contributed by atoms with Gasteiger partial charge in [0, 0.05) is 6.07 Å². The Morgan fingerprint density at radius 2 is 1.65 bits per heavy atom. The van der Waals surface area contributed by atoms with Crippen LogP contribution in [0.15, 0.2) is 15.9 Å². The average Bonchev–Trinajstić information content (AvgIpc) is 2.14. The van der Waals surface area contributed by atoms with E-state index in [9.17, 15) is 21.6 Å². The third-order valence-corrected chi connectivity index (χ3v) is 3.16. The first-order valence-electron chi connectivity index (χ1n) is 3.70. The fourth-order valence-electron chi connectivity index (χ4n) is 0.905. The van der Waals surface area contributed by atoms with Crippen molar-refractivity contribution >= 4 is 26.2 Å². The summed E-state index contributed by atoms with van der Waals surface area (Å²) in [6.07, 6.45) is 0. The van der Waals surface area contributed by atoms with E-state index in [1.54, 1.807) is 6.07 Å². The van der Waals surface area contributed by atoms with Crippen molar-refractivity contribution in [1.82, 2.24) is 0 Å². The molecule has 17 heavy (non-hydrogen) atoms. The molecule has 0 aliphatic carbocycles. The van der Waals surface area contributed by atoms with Gasteiger partial charge >= 0.3 is 5.97 Å². The van der Waals surface area contributed by atoms with E-state index >= 15 is 0 Å². The van der Waals surface area contributed by atoms with Gasteiger partial charge in [0.15, 0.2) is 0 Å². The van der Waals surface area contributed by atoms with Gasteiger partial charge < -0.3 is 5.11 Å². The molecule has 0 heterocycles. The number of aromatic carboxylic acids is 1. The van der Waals surface area contributed by atoms with Crippen molar-refractivity contribution in [3.05, 3.63) is 23.8 Å². The summed E-state index contributed by atoms with van der Waals surface area (Å²) in [5, 5.41) is 8.58. The van der Waals surface area contributed by atoms with Crippen LogP contribution in [0.4, 0.5) is 0 Å². The van der Waals surface area contributed by atoms with Gasteiger partial charge in [-0.25, -0.2) is 4.79 Å². The Kier molecular flexibility index (Phi) is 3.25. The molecule has 2 radical (unpaired) electrons. The smallest absolute Gasteiger partial charge is 0.337 e. The van der Waals surface area contributed by atoms with Crippen molar-refractivity contribution in [1.29, 1.82) is 0 Å². The van der Waals surface area contributed by atoms with Gasteiger partial charge in [-0.15, -0.1) is 0 Å². The largest absolute Gasteiger partial charge is 0.478 e. The average molecular weight is 280 g/mol. The lowest BCUT2D eigenvalue weighted by Crippen LogP contribution is -2.11. The molecule has 0 aliphatic rings. The molecule has 0 atom stereocenters. The molecule has 1 rings (SSSR count). The molecule has 0 aromatic heterocycles. The molecule has 8 nitrogen and oxygen atoms in total. The number of hydrogen-bond acceptors (Lipinski definition) is 5. The summed E-state index contributed by atoms with van der Waals surface area (Å²) in [6.45, 7) is 0. The molecule has 0 aliphatic heterocycles. The standard InChI is InChI=1S/C7H4O8S2/c8-7(9)5-2-1-4(16(10,11)12)3-6(5)17(13,14)15/h1H,(H,8,9)(H,10,11,12)(H,13,14,15). The van der Waals surface area contributed by atoms with E-state index in [-0.39, 0.29) is 0 Å². The molecule has 0 amide bonds. The van der Waals surface area contributed by atoms with Crippen molar-refractivity contribution in [3.8, 4) is 0 Å². The molecule has 0 unspecified atom stereocenters. The van der Waals surface area contributed by atoms with Crippen molar-refractivity contribution < 1.29 is 35.8 Å². The van der Waals surface area contributed by atoms with Crippen LogP contribution in [-0.4, -0.2) is 37.0 Å². The highest BCUT2D eigenvalue weighted by Gasteiger charge is 2.24. The van der Waals surface area contributed by atoms with Gasteiger partial charge in [0.2, 0.25) is 0 Å². The minimum atomic E-state index is -5.00. The van der Waals surface area contributed by atoms with E-state index in [1.165, 1.54) is 0 Å². The number of carboxylic acid groups (broad SMARTS) is 1. The number of rotatable bonds is 3. The van der Waals surface area contributed by atoms with Gasteiger partial charge in [0.25, 0.3) is 20.2 Å². The maximum Gasteiger partial charge on any atom is 0.337 e. The molecular weight excluding hydrogens is 276 g/mol. The van der Waals surface area contributed by atoms with E-state index in [0.717, 1.165) is 0 Å². The van der Waals surface area contributed by atoms with Crippen LogP contribution < -0.4 is 0 Å². The quantitative estimate of drug-likeness (QED) is 0.626. The van der Waals surface area contributed by atoms with Crippen LogP contribution in [-0.2, 0) is 20.2 Å². The highest BCUT2D eigenvalue weighted by atomic mass is 32.2. The van der Waals surface area contributed by atoms with Crippen molar-refractivity contribution in [2.45, 2.75) is 9.79 Å². The van der Waals surface area contributed by atoms with Crippen molar-refractivity contribution in [2.75, 3.05) is 0 Å². The summed E-state index contributed by atoms with van der Waals surface area (Å²) in [7, 11) is -9.79. The van der Waals surface area contributed by atoms with E-state index in [0.29, 0.717) is 6.07 Å². The first-order valence-corrected chi connectivity index (χ1v) is 6.58. The first kappa shape index (κ1) is 13.6. The van der Waals surface area contributed by atoms with Gasteiger partial charge in [-0.3, -0.25) is 9.11 Å². The molecule has 3 N–H and O–H groups in total. The van der Waals surface area contributed by atoms with Crippen LogP contribution in [0.3, 0.4) is 0 Å². The Labute approximate surface area is 96.0 Å². The lowest BCUT2D eigenvalue weighted by molar-refractivity contribution is 0.0691. The normalized spacial score (nSPS) is 12.4. The van der Waals surface area contributed by atoms with E-state index in [1.807, 2.05) is 6.07 Å². The van der Waals surface area contributed by atoms with Crippen LogP contribution in [0, 0.1) is 12.1 Å². The summed E-state index contributed by atoms with van der Waals surface area (Å²) in [5.41, 5.74) is -0.986. The molecule has 0 spiro atoms. The Bertz CT molecular complexity index is 670. The maximum absolute atomic E-state index is 10.8. The minimum Gasteiger partial charge on any atom is -0.478 e. The van der Waals surface area contributed by atoms with Gasteiger partial charge in [-0.05, 0) is 12.1 Å². The van der Waals surface area contributed by atoms with Crippen LogP contribution in [0.1, 0.15) is 10.4 Å². The molecule has 1 aromatic carbocycles. The van der Waals surface area contributed by atoms with Gasteiger partial charge in [-0.1, -0.05) is 0 Å². The lowest BCUT2D eigenvalue weighted by Gasteiger charge is -2.03. The Morgan fingerprint density at radius 3 is 2.00 bits per heavy atom. The Balaban J connectivity index is 3.69. The number of hydrogen-bond donors (Lipinski definition) is 3. The minimum absolute atomic E-state index is 0.521. The number of benzene rings is 1. The number of carbonyl (C=O) groups is 1. The molecule has 0 fully saturated rings. The van der Waals surface area contributed by atoms with Gasteiger partial charge in [-0.2, -0.15) is 16.8 Å². The molecule has 1 aromatic rings. The second-order valence-electron chi connectivity index (χ2n) is 2.74. The van der Waals surface area contributed by atoms with Crippen molar-refractivity contribution in [2.24, 2.45) is 0 Å². The SMILES string of the molecule is O=C(O)c1[c]cc(S(=O)(=O)O)[c]c1S(=O)(=O)O. The first-order chi connectivity index (χ1) is 7.53. The topological polar surface area (TPSA) is 146 Å². The summed E-state index contributed by atoms with van der Waals surface area (Å²) < 4.78 is 60.2. The third kappa shape index (κ3) is 3.00. The Morgan fingerprint density at radius 1 is 1.12 bits per heavy atom. The highest BCUT2D eigenvalue weighted by Crippen LogP contribution is 2.19. The zero-order valence-corrected chi connectivity index (χ0v) is 9.41. The summed E-state index contributed by atoms with van der Waals surface area (Å²) in [6, 6.07) is 3.92. The van der Waals surface area contributed by atoms with Gasteiger partial charge in [0.05, 0.1) is 5.56 Å². The summed E-state index contributed by atoms with van der Waals surface area (Å²) in [5.74, 6) is -1.75. The molecule has 92 valence electrons. The van der Waals surface area contributed by atoms with Crippen LogP contribution in [0.5, 0.6) is 0 Å². The molecule has 10 heteroatoms. The molecule has 0 saturated heterocycles. The predicted molar refractivity (Wildman–Crippen MR) is 50.7 cm³/mol. The fourth-order valence-corrected chi connectivity index (χ4v) is 2.05. The summed E-state index contributed by atoms with van der Waals surface area (Å²) in [4.78, 5) is 8.28. The van der Waals surface area contributed by atoms with Crippen LogP contribution in [0.2, 0.25) is 0 Å². The number of carboxylic acids is 1. The monoisotopic (exact) mass is 280 g/mol. The second-order valence-corrected chi connectivity index (χ2v) is 5.49. The zero-order chi connectivity index (χ0) is 13.4. The highest BCUT2D eigenvalue weighted by molar-refractivity contribution is 7.86. The van der Waals surface area contributed by atoms with Crippen LogP contribution >= 0.6 is 0 Å². The predicted octanol–water partition coefficient (Wildman–Crippen LogP) is -0.521. The van der Waals surface area contributed by atoms with Gasteiger partial charge in [0.1, 0.15) is 9.79 Å². The molecular formula is C7H4O8S2. The Hall–Kier alpha value is -1.49. The summed E-state index contributed by atoms with van der Waals surface area (Å²) >= 11 is 0. The lowest BCUT2D eigenvalue weighted by atomic mass is 10.2. The van der Waals surface area contributed by atoms with E-state index < -0.39 is 41.6 Å². The third-order valence-electron chi connectivity index (χ3n) is 1.56. The second kappa shape index (κ2) is 4.07. The van der Waals surface area contributed by atoms with E-state index in [4.69, 9.17) is 14.2 Å². The zero-order valence-electron chi connectivity index (χ0n) is 7.78. The maximum atomic E-state index is 10.8.